The smallest absolute Gasteiger partial charge is 0.256 e. The van der Waals surface area contributed by atoms with Gasteiger partial charge < -0.3 is 38.3 Å². The van der Waals surface area contributed by atoms with Crippen LogP contribution in [0.5, 0.6) is 17.2 Å². The summed E-state index contributed by atoms with van der Waals surface area (Å²) in [6.45, 7) is 19.8. The highest BCUT2D eigenvalue weighted by molar-refractivity contribution is 6.74. The van der Waals surface area contributed by atoms with E-state index in [4.69, 9.17) is 38.1 Å². The van der Waals surface area contributed by atoms with E-state index in [0.29, 0.717) is 46.8 Å². The minimum absolute atomic E-state index is 0.0295. The first-order valence-corrected chi connectivity index (χ1v) is 28.2. The Labute approximate surface area is 436 Å². The van der Waals surface area contributed by atoms with Crippen LogP contribution in [-0.2, 0) is 25.9 Å². The number of nitriles is 1. The summed E-state index contributed by atoms with van der Waals surface area (Å²) in [4.78, 5) is 30.0. The normalized spacial score (nSPS) is 17.1. The molecule has 0 spiro atoms. The van der Waals surface area contributed by atoms with E-state index in [0.717, 1.165) is 27.9 Å². The Balaban J connectivity index is 1.33. The van der Waals surface area contributed by atoms with Crippen molar-refractivity contribution in [2.24, 2.45) is 0 Å². The molecule has 7 aromatic rings. The van der Waals surface area contributed by atoms with Crippen molar-refractivity contribution in [3.05, 3.63) is 168 Å². The summed E-state index contributed by atoms with van der Waals surface area (Å²) in [6.07, 6.45) is 0.690. The Bertz CT molecular complexity index is 2970. The highest BCUT2D eigenvalue weighted by Gasteiger charge is 2.54. The lowest BCUT2D eigenvalue weighted by Gasteiger charge is -2.42. The molecule has 4 atom stereocenters. The molecule has 5 aromatic carbocycles. The molecule has 1 fully saturated rings. The van der Waals surface area contributed by atoms with Crippen LogP contribution in [-0.4, -0.2) is 85.0 Å². The SMILES string of the molecule is COc1ccc(C(OC[C@H]2O[C@@H](n3cnc4c(NC(=O)c5ccccc5)ncnc43)[C@H](Oc3cccc(CCC#N)c3N(C(C)C)C(C)C)[C@@H]2O[Si](C)(C)C(C)(C)C)(c2ccccc2)c2ccc(OC)cc2)cc1. The van der Waals surface area contributed by atoms with Crippen molar-refractivity contribution in [2.75, 3.05) is 31.0 Å². The first-order valence-electron chi connectivity index (χ1n) is 25.3. The van der Waals surface area contributed by atoms with Gasteiger partial charge in [-0.25, -0.2) is 15.0 Å². The molecule has 0 radical (unpaired) electrons. The van der Waals surface area contributed by atoms with Gasteiger partial charge in [0.2, 0.25) is 0 Å². The predicted octanol–water partition coefficient (Wildman–Crippen LogP) is 11.9. The van der Waals surface area contributed by atoms with E-state index in [2.05, 4.69) is 101 Å². The number of anilines is 2. The second-order valence-electron chi connectivity index (χ2n) is 20.7. The maximum Gasteiger partial charge on any atom is 0.256 e. The van der Waals surface area contributed by atoms with Gasteiger partial charge in [0, 0.05) is 24.1 Å². The van der Waals surface area contributed by atoms with E-state index in [-0.39, 0.29) is 35.5 Å². The predicted molar refractivity (Wildman–Crippen MR) is 292 cm³/mol. The van der Waals surface area contributed by atoms with E-state index < -0.39 is 38.5 Å². The minimum Gasteiger partial charge on any atom is -0.497 e. The summed E-state index contributed by atoms with van der Waals surface area (Å²) >= 11 is 0. The largest absolute Gasteiger partial charge is 0.497 e. The Hall–Kier alpha value is -7.09. The summed E-state index contributed by atoms with van der Waals surface area (Å²) < 4.78 is 43.5. The second-order valence-corrected chi connectivity index (χ2v) is 25.4. The number of imidazole rings is 1. The van der Waals surface area contributed by atoms with Crippen LogP contribution in [0.15, 0.2) is 140 Å². The van der Waals surface area contributed by atoms with E-state index >= 15 is 0 Å². The number of aromatic nitrogens is 4. The molecule has 1 aliphatic rings. The van der Waals surface area contributed by atoms with Gasteiger partial charge in [0.15, 0.2) is 37.6 Å². The number of benzene rings is 5. The summed E-state index contributed by atoms with van der Waals surface area (Å²) in [5.74, 6) is 1.95. The number of rotatable bonds is 20. The summed E-state index contributed by atoms with van der Waals surface area (Å²) in [5.41, 5.74) is 4.59. The van der Waals surface area contributed by atoms with Crippen LogP contribution < -0.4 is 24.4 Å². The molecule has 1 aliphatic heterocycles. The van der Waals surface area contributed by atoms with Crippen molar-refractivity contribution in [3.8, 4) is 23.3 Å². The molecule has 15 heteroatoms. The van der Waals surface area contributed by atoms with Gasteiger partial charge in [0.25, 0.3) is 5.91 Å². The first kappa shape index (κ1) is 53.2. The van der Waals surface area contributed by atoms with Crippen molar-refractivity contribution >= 4 is 36.9 Å². The van der Waals surface area contributed by atoms with Gasteiger partial charge in [-0.2, -0.15) is 5.26 Å². The lowest BCUT2D eigenvalue weighted by molar-refractivity contribution is -0.0926. The number of para-hydroxylation sites is 1. The highest BCUT2D eigenvalue weighted by atomic mass is 28.4. The fourth-order valence-electron chi connectivity index (χ4n) is 9.64. The Kier molecular flexibility index (Phi) is 16.2. The molecule has 3 heterocycles. The fourth-order valence-corrected chi connectivity index (χ4v) is 11.0. The Morgan fingerprint density at radius 2 is 1.38 bits per heavy atom. The zero-order valence-electron chi connectivity index (χ0n) is 44.4. The van der Waals surface area contributed by atoms with Crippen molar-refractivity contribution in [2.45, 2.75) is 122 Å². The quantitative estimate of drug-likeness (QED) is 0.0571. The monoisotopic (exact) mass is 1020 g/mol. The van der Waals surface area contributed by atoms with Crippen LogP contribution in [0.3, 0.4) is 0 Å². The van der Waals surface area contributed by atoms with E-state index in [9.17, 15) is 10.1 Å². The Morgan fingerprint density at radius 3 is 1.95 bits per heavy atom. The van der Waals surface area contributed by atoms with Crippen LogP contribution in [0.1, 0.15) is 93.7 Å². The third kappa shape index (κ3) is 10.9. The third-order valence-corrected chi connectivity index (χ3v) is 18.8. The van der Waals surface area contributed by atoms with Crippen LogP contribution in [0.4, 0.5) is 11.5 Å². The van der Waals surface area contributed by atoms with Crippen molar-refractivity contribution < 1.29 is 32.9 Å². The zero-order valence-corrected chi connectivity index (χ0v) is 45.4. The van der Waals surface area contributed by atoms with Gasteiger partial charge in [-0.05, 0) is 117 Å². The number of amides is 1. The molecule has 386 valence electrons. The van der Waals surface area contributed by atoms with E-state index in [1.54, 1.807) is 32.7 Å². The molecule has 1 saturated heterocycles. The molecule has 14 nitrogen and oxygen atoms in total. The lowest BCUT2D eigenvalue weighted by Crippen LogP contribution is -2.51. The molecule has 1 amide bonds. The number of nitrogens with one attached hydrogen (secondary N) is 1. The molecule has 74 heavy (non-hydrogen) atoms. The zero-order chi connectivity index (χ0) is 52.8. The second kappa shape index (κ2) is 22.6. The number of hydrogen-bond donors (Lipinski definition) is 1. The van der Waals surface area contributed by atoms with Crippen molar-refractivity contribution in [3.63, 3.8) is 0 Å². The third-order valence-electron chi connectivity index (χ3n) is 14.3. The van der Waals surface area contributed by atoms with Crippen molar-refractivity contribution in [1.82, 2.24) is 19.5 Å². The first-order chi connectivity index (χ1) is 35.5. The van der Waals surface area contributed by atoms with Gasteiger partial charge in [-0.3, -0.25) is 9.36 Å². The number of fused-ring (bicyclic) bond motifs is 1. The highest BCUT2D eigenvalue weighted by Crippen LogP contribution is 2.48. The minimum atomic E-state index is -2.67. The summed E-state index contributed by atoms with van der Waals surface area (Å²) in [6, 6.07) is 43.6. The van der Waals surface area contributed by atoms with Gasteiger partial charge >= 0.3 is 0 Å². The molecule has 8 rings (SSSR count). The average molecular weight is 1020 g/mol. The fraction of sp³-hybridized carbons (Fsp3) is 0.373. The molecule has 0 unspecified atom stereocenters. The van der Waals surface area contributed by atoms with Crippen LogP contribution in [0.25, 0.3) is 11.2 Å². The maximum atomic E-state index is 13.6. The number of nitrogens with zero attached hydrogens (tertiary/aromatic N) is 6. The number of carbonyl (C=O) groups is 1. The summed E-state index contributed by atoms with van der Waals surface area (Å²) in [7, 11) is 0.632. The number of carbonyl (C=O) groups excluding carboxylic acids is 1. The standard InChI is InChI=1S/C59H69N7O7Si/c1-39(2)66(40(3)4)51-41(23-19-35-60)22-18-26-48(51)71-53-52(73-74(10,11)58(5,6)7)49(72-57(53)65-38-63-50-54(61-37-62-55(50)65)64-56(67)42-20-14-12-15-21-42)36-70-59(43-24-16-13-17-25-43,44-27-31-46(68-8)32-28-44)45-29-33-47(69-9)34-30-45/h12-18,20-22,24-34,37-40,49,52-53,57H,19,23,36H2,1-11H3,(H,61,62,64,67)/t49-,52-,53-,57-/m1/s1. The maximum absolute atomic E-state index is 13.6. The topological polar surface area (TPSA) is 155 Å². The van der Waals surface area contributed by atoms with Crippen molar-refractivity contribution in [1.29, 1.82) is 5.26 Å². The molecule has 2 aromatic heterocycles. The number of ether oxygens (including phenoxy) is 5. The number of methoxy groups -OCH3 is 2. The lowest BCUT2D eigenvalue weighted by atomic mass is 9.80. The van der Waals surface area contributed by atoms with E-state index in [1.807, 2.05) is 102 Å². The van der Waals surface area contributed by atoms with Crippen LogP contribution in [0, 0.1) is 11.3 Å². The molecule has 0 bridgehead atoms. The molecular formula is C59H69N7O7Si. The summed E-state index contributed by atoms with van der Waals surface area (Å²) in [5, 5.41) is 12.6. The van der Waals surface area contributed by atoms with E-state index in [1.165, 1.54) is 6.33 Å². The molecule has 0 aliphatic carbocycles. The van der Waals surface area contributed by atoms with Crippen LogP contribution >= 0.6 is 0 Å². The molecule has 0 saturated carbocycles. The van der Waals surface area contributed by atoms with Gasteiger partial charge in [-0.1, -0.05) is 106 Å². The molecular weight excluding hydrogens is 947 g/mol. The van der Waals surface area contributed by atoms with Gasteiger partial charge in [-0.15, -0.1) is 0 Å². The van der Waals surface area contributed by atoms with Crippen LogP contribution in [0.2, 0.25) is 18.1 Å². The van der Waals surface area contributed by atoms with Gasteiger partial charge in [0.05, 0.1) is 38.9 Å². The number of hydrogen-bond acceptors (Lipinski definition) is 12. The molecule has 1 N–H and O–H groups in total. The Morgan fingerprint density at radius 1 is 0.784 bits per heavy atom. The average Bonchev–Trinajstić information content (AvgIpc) is 3.98. The number of aryl methyl sites for hydroxylation is 1. The van der Waals surface area contributed by atoms with Gasteiger partial charge in [0.1, 0.15) is 41.4 Å².